The van der Waals surface area contributed by atoms with Gasteiger partial charge in [-0.3, -0.25) is 4.79 Å². The third-order valence-electron chi connectivity index (χ3n) is 3.20. The summed E-state index contributed by atoms with van der Waals surface area (Å²) in [6.45, 7) is 0.532. The van der Waals surface area contributed by atoms with Crippen LogP contribution in [-0.2, 0) is 11.2 Å². The molecule has 1 aliphatic carbocycles. The Balaban J connectivity index is 1.72. The molecule has 0 aliphatic heterocycles. The van der Waals surface area contributed by atoms with Gasteiger partial charge in [0.15, 0.2) is 5.13 Å². The Labute approximate surface area is 109 Å². The Hall–Kier alpha value is -1.18. The lowest BCUT2D eigenvalue weighted by atomic mass is 10.1. The van der Waals surface area contributed by atoms with Crippen molar-refractivity contribution >= 4 is 22.4 Å². The van der Waals surface area contributed by atoms with Gasteiger partial charge in [0, 0.05) is 30.3 Å². The van der Waals surface area contributed by atoms with Gasteiger partial charge in [0.1, 0.15) is 0 Å². The zero-order valence-corrected chi connectivity index (χ0v) is 10.8. The molecule has 0 spiro atoms. The molecule has 1 fully saturated rings. The summed E-state index contributed by atoms with van der Waals surface area (Å²) in [5, 5.41) is 14.8. The third-order valence-corrected chi connectivity index (χ3v) is 3.92. The first-order valence-electron chi connectivity index (χ1n) is 5.97. The topological polar surface area (TPSA) is 114 Å². The predicted molar refractivity (Wildman–Crippen MR) is 69.9 cm³/mol. The van der Waals surface area contributed by atoms with E-state index in [-0.39, 0.29) is 17.9 Å². The molecule has 6 N–H and O–H groups in total. The number of aliphatic hydroxyl groups is 1. The number of nitrogen functional groups attached to an aromatic ring is 1. The molecule has 7 heteroatoms. The minimum absolute atomic E-state index is 0.0369. The summed E-state index contributed by atoms with van der Waals surface area (Å²) in [4.78, 5) is 15.9. The Kier molecular flexibility index (Phi) is 4.15. The van der Waals surface area contributed by atoms with Crippen molar-refractivity contribution in [3.05, 3.63) is 11.1 Å². The lowest BCUT2D eigenvalue weighted by Crippen LogP contribution is -2.32. The Morgan fingerprint density at radius 3 is 2.94 bits per heavy atom. The van der Waals surface area contributed by atoms with Gasteiger partial charge < -0.3 is 21.9 Å². The smallest absolute Gasteiger partial charge is 0.223 e. The van der Waals surface area contributed by atoms with E-state index in [1.54, 1.807) is 0 Å². The average molecular weight is 270 g/mol. The Bertz CT molecular complexity index is 413. The molecular weight excluding hydrogens is 252 g/mol. The van der Waals surface area contributed by atoms with Gasteiger partial charge in [0.2, 0.25) is 5.91 Å². The number of hydrogen-bond donors (Lipinski definition) is 4. The summed E-state index contributed by atoms with van der Waals surface area (Å²) in [5.41, 5.74) is 12.1. The van der Waals surface area contributed by atoms with Gasteiger partial charge in [-0.1, -0.05) is 0 Å². The molecule has 0 bridgehead atoms. The normalized spacial score (nSPS) is 27.3. The molecular formula is C11H18N4O2S. The van der Waals surface area contributed by atoms with Crippen molar-refractivity contribution < 1.29 is 9.90 Å². The number of aliphatic hydroxyl groups excluding tert-OH is 1. The van der Waals surface area contributed by atoms with Gasteiger partial charge in [0.25, 0.3) is 0 Å². The van der Waals surface area contributed by atoms with Crippen molar-refractivity contribution in [2.45, 2.75) is 31.4 Å². The van der Waals surface area contributed by atoms with E-state index in [1.807, 2.05) is 5.38 Å². The highest BCUT2D eigenvalue weighted by Crippen LogP contribution is 2.24. The molecule has 1 heterocycles. The van der Waals surface area contributed by atoms with Gasteiger partial charge in [-0.25, -0.2) is 4.98 Å². The van der Waals surface area contributed by atoms with E-state index in [0.29, 0.717) is 30.9 Å². The fourth-order valence-electron chi connectivity index (χ4n) is 2.16. The first-order valence-corrected chi connectivity index (χ1v) is 6.85. The summed E-state index contributed by atoms with van der Waals surface area (Å²) >= 11 is 1.39. The van der Waals surface area contributed by atoms with Crippen molar-refractivity contribution in [2.24, 2.45) is 11.7 Å². The maximum atomic E-state index is 11.8. The van der Waals surface area contributed by atoms with E-state index in [1.165, 1.54) is 11.3 Å². The molecule has 100 valence electrons. The number of nitrogens with one attached hydrogen (secondary N) is 1. The van der Waals surface area contributed by atoms with Crippen LogP contribution in [0, 0.1) is 5.92 Å². The number of carbonyl (C=O) groups excluding carboxylic acids is 1. The summed E-state index contributed by atoms with van der Waals surface area (Å²) in [7, 11) is 0. The lowest BCUT2D eigenvalue weighted by Gasteiger charge is -2.09. The number of anilines is 1. The van der Waals surface area contributed by atoms with Crippen molar-refractivity contribution in [3.63, 3.8) is 0 Å². The third kappa shape index (κ3) is 3.18. The van der Waals surface area contributed by atoms with Crippen molar-refractivity contribution in [2.75, 3.05) is 12.3 Å². The highest BCUT2D eigenvalue weighted by atomic mass is 32.1. The van der Waals surface area contributed by atoms with Gasteiger partial charge in [0.05, 0.1) is 11.8 Å². The lowest BCUT2D eigenvalue weighted by molar-refractivity contribution is -0.125. The highest BCUT2D eigenvalue weighted by Gasteiger charge is 2.34. The average Bonchev–Trinajstić information content (AvgIpc) is 2.87. The number of carbonyl (C=O) groups is 1. The number of nitrogens with zero attached hydrogens (tertiary/aromatic N) is 1. The zero-order valence-electron chi connectivity index (χ0n) is 10.0. The molecule has 0 saturated heterocycles. The van der Waals surface area contributed by atoms with E-state index in [9.17, 15) is 9.90 Å². The van der Waals surface area contributed by atoms with Crippen LogP contribution in [0.3, 0.4) is 0 Å². The van der Waals surface area contributed by atoms with E-state index in [2.05, 4.69) is 10.3 Å². The molecule has 2 rings (SSSR count). The van der Waals surface area contributed by atoms with E-state index in [4.69, 9.17) is 11.5 Å². The van der Waals surface area contributed by atoms with Crippen LogP contribution in [0.15, 0.2) is 5.38 Å². The highest BCUT2D eigenvalue weighted by molar-refractivity contribution is 7.13. The fraction of sp³-hybridized carbons (Fsp3) is 0.636. The summed E-state index contributed by atoms with van der Waals surface area (Å²) in [5.74, 6) is -0.208. The molecule has 1 aromatic heterocycles. The molecule has 0 unspecified atom stereocenters. The second-order valence-corrected chi connectivity index (χ2v) is 5.51. The van der Waals surface area contributed by atoms with E-state index < -0.39 is 6.10 Å². The van der Waals surface area contributed by atoms with Crippen LogP contribution < -0.4 is 16.8 Å². The predicted octanol–water partition coefficient (Wildman–Crippen LogP) is -0.518. The van der Waals surface area contributed by atoms with Gasteiger partial charge in [-0.05, 0) is 12.8 Å². The van der Waals surface area contributed by atoms with Crippen LogP contribution >= 0.6 is 11.3 Å². The van der Waals surface area contributed by atoms with E-state index >= 15 is 0 Å². The van der Waals surface area contributed by atoms with Crippen LogP contribution in [0.4, 0.5) is 5.13 Å². The van der Waals surface area contributed by atoms with Gasteiger partial charge >= 0.3 is 0 Å². The zero-order chi connectivity index (χ0) is 13.1. The molecule has 1 aliphatic rings. The molecule has 6 nitrogen and oxygen atoms in total. The molecule has 18 heavy (non-hydrogen) atoms. The number of rotatable bonds is 4. The van der Waals surface area contributed by atoms with Crippen molar-refractivity contribution in [1.82, 2.24) is 10.3 Å². The van der Waals surface area contributed by atoms with Crippen molar-refractivity contribution in [1.29, 1.82) is 0 Å². The largest absolute Gasteiger partial charge is 0.391 e. The number of amides is 1. The fourth-order valence-corrected chi connectivity index (χ4v) is 2.76. The number of nitrogens with two attached hydrogens (primary N) is 2. The minimum Gasteiger partial charge on any atom is -0.391 e. The second kappa shape index (κ2) is 5.64. The van der Waals surface area contributed by atoms with Gasteiger partial charge in [-0.2, -0.15) is 0 Å². The number of hydrogen-bond acceptors (Lipinski definition) is 6. The molecule has 1 aromatic rings. The van der Waals surface area contributed by atoms with Crippen LogP contribution in [-0.4, -0.2) is 34.7 Å². The first-order chi connectivity index (χ1) is 8.56. The first kappa shape index (κ1) is 13.3. The molecule has 3 atom stereocenters. The monoisotopic (exact) mass is 270 g/mol. The number of aromatic nitrogens is 1. The maximum absolute atomic E-state index is 11.8. The summed E-state index contributed by atoms with van der Waals surface area (Å²) in [6, 6.07) is -0.279. The van der Waals surface area contributed by atoms with Crippen LogP contribution in [0.25, 0.3) is 0 Å². The van der Waals surface area contributed by atoms with Crippen molar-refractivity contribution in [3.8, 4) is 0 Å². The van der Waals surface area contributed by atoms with Crippen LogP contribution in [0.1, 0.15) is 18.5 Å². The maximum Gasteiger partial charge on any atom is 0.223 e. The minimum atomic E-state index is -0.556. The molecule has 0 aromatic carbocycles. The number of thiazole rings is 1. The van der Waals surface area contributed by atoms with Gasteiger partial charge in [-0.15, -0.1) is 11.3 Å². The standard InChI is InChI=1S/C11H18N4O2S/c12-8-3-6(4-9(8)16)10(17)14-2-1-7-5-18-11(13)15-7/h5-6,8-9,16H,1-4,12H2,(H2,13,15)(H,14,17)/t6-,8+,9+/m0/s1. The molecule has 1 amide bonds. The second-order valence-electron chi connectivity index (χ2n) is 4.62. The van der Waals surface area contributed by atoms with Crippen LogP contribution in [0.5, 0.6) is 0 Å². The SMILES string of the molecule is Nc1nc(CCNC(=O)[C@H]2C[C@@H](N)[C@H](O)C2)cs1. The van der Waals surface area contributed by atoms with Crippen LogP contribution in [0.2, 0.25) is 0 Å². The molecule has 0 radical (unpaired) electrons. The summed E-state index contributed by atoms with van der Waals surface area (Å²) < 4.78 is 0. The van der Waals surface area contributed by atoms with E-state index in [0.717, 1.165) is 5.69 Å². The quantitative estimate of drug-likeness (QED) is 0.588. The Morgan fingerprint density at radius 1 is 1.61 bits per heavy atom. The molecule has 1 saturated carbocycles. The summed E-state index contributed by atoms with van der Waals surface area (Å²) in [6.07, 6.45) is 1.12. The Morgan fingerprint density at radius 2 is 2.39 bits per heavy atom.